The van der Waals surface area contributed by atoms with Crippen molar-refractivity contribution in [2.75, 3.05) is 0 Å². The van der Waals surface area contributed by atoms with Gasteiger partial charge in [-0.3, -0.25) is 0 Å². The van der Waals surface area contributed by atoms with E-state index >= 15 is 0 Å². The fourth-order valence-electron chi connectivity index (χ4n) is 0. The molecule has 0 nitrogen and oxygen atoms in total. The molecule has 0 saturated heterocycles. The number of hydrogen-bond acceptors (Lipinski definition) is 0. The first-order chi connectivity index (χ1) is 1.91. The Kier molecular flexibility index (Phi) is 4.14. The number of halogens is 1. The predicted molar refractivity (Wildman–Crippen MR) is 30.4 cm³/mol. The van der Waals surface area contributed by atoms with Crippen molar-refractivity contribution in [1.29, 1.82) is 0 Å². The van der Waals surface area contributed by atoms with Crippen LogP contribution in [0.15, 0.2) is 0 Å². The summed E-state index contributed by atoms with van der Waals surface area (Å²) in [6.07, 6.45) is 1.18. The second-order valence-electron chi connectivity index (χ2n) is 0.563. The van der Waals surface area contributed by atoms with Gasteiger partial charge < -0.3 is 0 Å². The first-order valence-electron chi connectivity index (χ1n) is 1.33. The molecule has 25 valence electrons. The van der Waals surface area contributed by atoms with Gasteiger partial charge in [0.25, 0.3) is 0 Å². The summed E-state index contributed by atoms with van der Waals surface area (Å²) in [7, 11) is 0. The Bertz CT molecular complexity index is 17.2. The van der Waals surface area contributed by atoms with Crippen LogP contribution in [-0.4, -0.2) is 4.01 Å². The Labute approximate surface area is 39.8 Å². The van der Waals surface area contributed by atoms with Crippen LogP contribution >= 0.6 is 22.1 Å². The van der Waals surface area contributed by atoms with E-state index in [0.717, 1.165) is 0 Å². The van der Waals surface area contributed by atoms with Crippen molar-refractivity contribution in [2.45, 2.75) is 13.3 Å². The molecule has 0 aromatic carbocycles. The van der Waals surface area contributed by atoms with Gasteiger partial charge in [0.1, 0.15) is 0 Å². The van der Waals surface area contributed by atoms with Gasteiger partial charge in [-0.05, 0) is 0 Å². The fraction of sp³-hybridized carbons (Fsp3) is 0.667. The molecule has 0 aromatic heterocycles. The Morgan fingerprint density at radius 1 is 2.00 bits per heavy atom. The molecule has 1 heteroatoms. The topological polar surface area (TPSA) is 0 Å². The molecular formula is C3H6I. The Morgan fingerprint density at radius 3 is 2.25 bits per heavy atom. The van der Waals surface area contributed by atoms with E-state index in [1.807, 2.05) is 0 Å². The van der Waals surface area contributed by atoms with Gasteiger partial charge in [-0.25, -0.2) is 0 Å². The third-order valence-corrected chi connectivity index (χ3v) is 1.04. The van der Waals surface area contributed by atoms with Crippen molar-refractivity contribution in [3.63, 3.8) is 0 Å². The van der Waals surface area contributed by atoms with Crippen molar-refractivity contribution >= 4 is 26.1 Å². The zero-order valence-corrected chi connectivity index (χ0v) is 4.82. The molecule has 0 spiro atoms. The van der Waals surface area contributed by atoms with Gasteiger partial charge in [0.2, 0.25) is 0 Å². The minimum absolute atomic E-state index is 1.18. The van der Waals surface area contributed by atoms with Crippen molar-refractivity contribution < 1.29 is 0 Å². The molecule has 0 aliphatic carbocycles. The van der Waals surface area contributed by atoms with E-state index < -0.39 is 0 Å². The van der Waals surface area contributed by atoms with Gasteiger partial charge in [-0.1, -0.05) is 0 Å². The molecule has 1 radical (unpaired) electrons. The van der Waals surface area contributed by atoms with Gasteiger partial charge in [-0.2, -0.15) is 0 Å². The van der Waals surface area contributed by atoms with Crippen molar-refractivity contribution in [3.8, 4) is 0 Å². The molecule has 0 rings (SSSR count). The van der Waals surface area contributed by atoms with Gasteiger partial charge in [0.15, 0.2) is 0 Å². The number of hydrogen-bond donors (Lipinski definition) is 0. The van der Waals surface area contributed by atoms with Gasteiger partial charge in [0.05, 0.1) is 0 Å². The molecule has 0 atom stereocenters. The molecule has 0 aromatic rings. The van der Waals surface area contributed by atoms with Gasteiger partial charge in [-0.15, -0.1) is 0 Å². The average Bonchev–Trinajstić information content (AvgIpc) is 1.37. The van der Waals surface area contributed by atoms with E-state index in [-0.39, 0.29) is 0 Å². The Balaban J connectivity index is 2.30. The first-order valence-corrected chi connectivity index (χ1v) is 2.58. The molecule has 0 aliphatic heterocycles. The normalized spacial score (nSPS) is 6.25. The van der Waals surface area contributed by atoms with Crippen LogP contribution in [0.4, 0.5) is 0 Å². The van der Waals surface area contributed by atoms with Crippen molar-refractivity contribution in [2.24, 2.45) is 0 Å². The van der Waals surface area contributed by atoms with Crippen LogP contribution < -0.4 is 0 Å². The third-order valence-electron chi connectivity index (χ3n) is 0.154. The van der Waals surface area contributed by atoms with Crippen LogP contribution in [0.2, 0.25) is 0 Å². The monoisotopic (exact) mass is 169 g/mol. The van der Waals surface area contributed by atoms with Crippen molar-refractivity contribution in [3.05, 3.63) is 0 Å². The summed E-state index contributed by atoms with van der Waals surface area (Å²) in [6, 6.07) is 0. The average molecular weight is 169 g/mol. The summed E-state index contributed by atoms with van der Waals surface area (Å²) in [5.74, 6) is 0. The van der Waals surface area contributed by atoms with Gasteiger partial charge >= 0.3 is 39.5 Å². The maximum absolute atomic E-state index is 2.23. The summed E-state index contributed by atoms with van der Waals surface area (Å²) in [5.41, 5.74) is 0. The number of rotatable bonds is 1. The molecule has 4 heavy (non-hydrogen) atoms. The van der Waals surface area contributed by atoms with E-state index in [1.165, 1.54) is 6.42 Å². The van der Waals surface area contributed by atoms with E-state index in [1.54, 1.807) is 0 Å². The Morgan fingerprint density at radius 2 is 2.25 bits per heavy atom. The quantitative estimate of drug-likeness (QED) is 0.523. The molecular weight excluding hydrogens is 163 g/mol. The summed E-state index contributed by atoms with van der Waals surface area (Å²) < 4.78 is 2.09. The second-order valence-corrected chi connectivity index (χ2v) is 1.44. The van der Waals surface area contributed by atoms with E-state index in [2.05, 4.69) is 33.1 Å². The summed E-state index contributed by atoms with van der Waals surface area (Å²) in [4.78, 5) is 0. The molecule has 0 fully saturated rings. The summed E-state index contributed by atoms with van der Waals surface area (Å²) in [5, 5.41) is 0. The van der Waals surface area contributed by atoms with E-state index in [4.69, 9.17) is 0 Å². The minimum atomic E-state index is 1.18. The van der Waals surface area contributed by atoms with Crippen LogP contribution in [0, 0.1) is 0 Å². The standard InChI is InChI=1S/C3H6I/c1-2-3-4/h3H,2H2,1H3. The van der Waals surface area contributed by atoms with Crippen LogP contribution in [0.1, 0.15) is 13.3 Å². The Hall–Kier alpha value is 0.600. The van der Waals surface area contributed by atoms with E-state index in [0.29, 0.717) is 0 Å². The zero-order chi connectivity index (χ0) is 3.41. The maximum atomic E-state index is 2.23. The van der Waals surface area contributed by atoms with Gasteiger partial charge in [0, 0.05) is 0 Å². The summed E-state index contributed by atoms with van der Waals surface area (Å²) >= 11 is 2.23. The molecule has 0 saturated carbocycles. The molecule has 0 bridgehead atoms. The SMILES string of the molecule is CCC=[I]. The first kappa shape index (κ1) is 4.60. The third kappa shape index (κ3) is 2.60. The molecule has 0 N–H and O–H groups in total. The van der Waals surface area contributed by atoms with E-state index in [9.17, 15) is 0 Å². The second kappa shape index (κ2) is 3.60. The van der Waals surface area contributed by atoms with Crippen LogP contribution in [0.5, 0.6) is 0 Å². The van der Waals surface area contributed by atoms with Crippen LogP contribution in [0.3, 0.4) is 0 Å². The molecule has 0 heterocycles. The fourth-order valence-corrected chi connectivity index (χ4v) is 0. The zero-order valence-electron chi connectivity index (χ0n) is 2.66. The van der Waals surface area contributed by atoms with Crippen molar-refractivity contribution in [1.82, 2.24) is 0 Å². The molecule has 0 unspecified atom stereocenters. The van der Waals surface area contributed by atoms with Crippen LogP contribution in [-0.2, 0) is 0 Å². The predicted octanol–water partition coefficient (Wildman–Crippen LogP) is 1.63. The molecule has 0 aliphatic rings. The van der Waals surface area contributed by atoms with Crippen LogP contribution in [0.25, 0.3) is 0 Å². The summed E-state index contributed by atoms with van der Waals surface area (Å²) in [6.45, 7) is 2.12. The molecule has 0 amide bonds.